The average Bonchev–Trinajstić information content (AvgIpc) is 2.73. The molecule has 3 aromatic rings. The molecule has 0 spiro atoms. The van der Waals surface area contributed by atoms with Crippen molar-refractivity contribution in [3.05, 3.63) is 100 Å². The molecule has 1 amide bonds. The second-order valence-electron chi connectivity index (χ2n) is 6.15. The maximum Gasteiger partial charge on any atom is 0.265 e. The molecule has 3 rings (SSSR count). The molecule has 0 radical (unpaired) electrons. The number of rotatable bonds is 6. The third-order valence-corrected chi connectivity index (χ3v) is 5.89. The van der Waals surface area contributed by atoms with Crippen LogP contribution in [-0.2, 0) is 10.0 Å². The number of hydrogen-bond donors (Lipinski definition) is 1. The highest BCUT2D eigenvalue weighted by atomic mass is 35.5. The number of halogens is 2. The predicted molar refractivity (Wildman–Crippen MR) is 113 cm³/mol. The highest BCUT2D eigenvalue weighted by Gasteiger charge is 2.20. The van der Waals surface area contributed by atoms with E-state index in [2.05, 4.69) is 0 Å². The number of amides is 1. The van der Waals surface area contributed by atoms with Crippen LogP contribution in [-0.4, -0.2) is 25.4 Å². The van der Waals surface area contributed by atoms with Crippen LogP contribution < -0.4 is 4.72 Å². The summed E-state index contributed by atoms with van der Waals surface area (Å²) in [5, 5.41) is -0.399. The molecule has 0 fully saturated rings. The summed E-state index contributed by atoms with van der Waals surface area (Å²) in [7, 11) is -4.16. The van der Waals surface area contributed by atoms with Crippen molar-refractivity contribution in [2.24, 2.45) is 0 Å². The van der Waals surface area contributed by atoms with Crippen LogP contribution in [0, 0.1) is 0 Å². The van der Waals surface area contributed by atoms with Crippen LogP contribution in [0.2, 0.25) is 5.02 Å². The number of benzene rings is 3. The van der Waals surface area contributed by atoms with Gasteiger partial charge in [0.2, 0.25) is 0 Å². The van der Waals surface area contributed by atoms with Crippen molar-refractivity contribution < 1.29 is 22.8 Å². The minimum absolute atomic E-state index is 0.0894. The largest absolute Gasteiger partial charge is 0.289 e. The van der Waals surface area contributed by atoms with Gasteiger partial charge in [-0.05, 0) is 60.1 Å². The van der Waals surface area contributed by atoms with Gasteiger partial charge in [0.15, 0.2) is 5.78 Å². The minimum Gasteiger partial charge on any atom is -0.289 e. The topological polar surface area (TPSA) is 97.4 Å². The number of sulfonamides is 1. The van der Waals surface area contributed by atoms with Crippen LogP contribution in [0.3, 0.4) is 0 Å². The molecular formula is C21H13Cl2NO5S. The Morgan fingerprint density at radius 2 is 1.33 bits per heavy atom. The first-order valence-electron chi connectivity index (χ1n) is 8.45. The summed E-state index contributed by atoms with van der Waals surface area (Å²) in [6, 6.07) is 16.8. The Balaban J connectivity index is 1.80. The van der Waals surface area contributed by atoms with Crippen molar-refractivity contribution in [3.8, 4) is 0 Å². The van der Waals surface area contributed by atoms with Gasteiger partial charge in [0.1, 0.15) is 0 Å². The molecule has 9 heteroatoms. The lowest BCUT2D eigenvalue weighted by Crippen LogP contribution is -2.30. The molecule has 0 unspecified atom stereocenters. The fourth-order valence-corrected chi connectivity index (χ4v) is 3.89. The normalized spacial score (nSPS) is 11.0. The van der Waals surface area contributed by atoms with E-state index in [0.717, 1.165) is 0 Å². The molecule has 0 aromatic heterocycles. The van der Waals surface area contributed by atoms with Gasteiger partial charge in [-0.15, -0.1) is 0 Å². The Morgan fingerprint density at radius 1 is 0.733 bits per heavy atom. The molecule has 0 atom stereocenters. The van der Waals surface area contributed by atoms with Crippen LogP contribution in [0.25, 0.3) is 0 Å². The molecule has 0 aliphatic carbocycles. The first-order chi connectivity index (χ1) is 14.2. The third kappa shape index (κ3) is 4.94. The Bertz CT molecular complexity index is 1250. The van der Waals surface area contributed by atoms with Gasteiger partial charge >= 0.3 is 0 Å². The molecule has 1 N–H and O–H groups in total. The van der Waals surface area contributed by atoms with Crippen LogP contribution in [0.4, 0.5) is 0 Å². The maximum absolute atomic E-state index is 12.6. The van der Waals surface area contributed by atoms with Crippen LogP contribution in [0.15, 0.2) is 77.7 Å². The van der Waals surface area contributed by atoms with Gasteiger partial charge in [-0.1, -0.05) is 35.9 Å². The fourth-order valence-electron chi connectivity index (χ4n) is 2.60. The predicted octanol–water partition coefficient (Wildman–Crippen LogP) is 4.07. The van der Waals surface area contributed by atoms with Crippen molar-refractivity contribution in [1.82, 2.24) is 4.72 Å². The fraction of sp³-hybridized carbons (Fsp3) is 0. The third-order valence-electron chi connectivity index (χ3n) is 4.09. The molecule has 6 nitrogen and oxygen atoms in total. The van der Waals surface area contributed by atoms with E-state index in [9.17, 15) is 22.8 Å². The minimum atomic E-state index is -4.16. The van der Waals surface area contributed by atoms with Gasteiger partial charge in [0, 0.05) is 27.3 Å². The van der Waals surface area contributed by atoms with Gasteiger partial charge in [0.05, 0.1) is 4.90 Å². The highest BCUT2D eigenvalue weighted by Crippen LogP contribution is 2.17. The summed E-state index contributed by atoms with van der Waals surface area (Å²) < 4.78 is 26.9. The molecule has 0 bridgehead atoms. The first kappa shape index (κ1) is 21.7. The van der Waals surface area contributed by atoms with Crippen LogP contribution in [0.5, 0.6) is 0 Å². The molecule has 0 heterocycles. The molecule has 0 saturated carbocycles. The first-order valence-corrected chi connectivity index (χ1v) is 10.7. The monoisotopic (exact) mass is 461 g/mol. The van der Waals surface area contributed by atoms with Crippen molar-refractivity contribution in [1.29, 1.82) is 0 Å². The van der Waals surface area contributed by atoms with Gasteiger partial charge in [-0.3, -0.25) is 14.4 Å². The smallest absolute Gasteiger partial charge is 0.265 e. The number of carbonyl (C=O) groups excluding carboxylic acids is 3. The zero-order valence-corrected chi connectivity index (χ0v) is 17.5. The molecule has 0 saturated heterocycles. The SMILES string of the molecule is O=C(Cl)c1cccc(C(=O)c2ccc(S(=O)(=O)NC(=O)c3cccc(Cl)c3)cc2)c1. The van der Waals surface area contributed by atoms with Crippen molar-refractivity contribution in [3.63, 3.8) is 0 Å². The Kier molecular flexibility index (Phi) is 6.36. The summed E-state index contributed by atoms with van der Waals surface area (Å²) in [5.41, 5.74) is 0.692. The van der Waals surface area contributed by atoms with E-state index < -0.39 is 27.0 Å². The summed E-state index contributed by atoms with van der Waals surface area (Å²) in [5.74, 6) is -1.25. The molecule has 0 aliphatic heterocycles. The van der Waals surface area contributed by atoms with Crippen molar-refractivity contribution >= 4 is 50.2 Å². The lowest BCUT2D eigenvalue weighted by Gasteiger charge is -2.08. The van der Waals surface area contributed by atoms with Crippen molar-refractivity contribution in [2.45, 2.75) is 4.90 Å². The zero-order valence-electron chi connectivity index (χ0n) is 15.1. The second kappa shape index (κ2) is 8.79. The van der Waals surface area contributed by atoms with Gasteiger partial charge < -0.3 is 0 Å². The summed E-state index contributed by atoms with van der Waals surface area (Å²) in [6.45, 7) is 0. The van der Waals surface area contributed by atoms with E-state index in [-0.39, 0.29) is 27.1 Å². The molecule has 0 aliphatic rings. The highest BCUT2D eigenvalue weighted by molar-refractivity contribution is 7.90. The lowest BCUT2D eigenvalue weighted by atomic mass is 10.0. The van der Waals surface area contributed by atoms with Crippen LogP contribution in [0.1, 0.15) is 36.6 Å². The average molecular weight is 462 g/mol. The molecule has 3 aromatic carbocycles. The van der Waals surface area contributed by atoms with Gasteiger partial charge in [-0.25, -0.2) is 13.1 Å². The molecule has 152 valence electrons. The number of ketones is 1. The Morgan fingerprint density at radius 3 is 1.97 bits per heavy atom. The van der Waals surface area contributed by atoms with E-state index in [1.807, 2.05) is 4.72 Å². The standard InChI is InChI=1S/C21H13Cl2NO5S/c22-17-6-2-5-16(12-17)21(27)24-30(28,29)18-9-7-13(8-10-18)19(25)14-3-1-4-15(11-14)20(23)26/h1-12H,(H,24,27). The molecule has 30 heavy (non-hydrogen) atoms. The second-order valence-corrected chi connectivity index (χ2v) is 8.62. The van der Waals surface area contributed by atoms with E-state index in [1.165, 1.54) is 66.7 Å². The van der Waals surface area contributed by atoms with E-state index in [1.54, 1.807) is 6.07 Å². The van der Waals surface area contributed by atoms with Crippen molar-refractivity contribution in [2.75, 3.05) is 0 Å². The lowest BCUT2D eigenvalue weighted by molar-refractivity contribution is 0.0979. The van der Waals surface area contributed by atoms with E-state index in [0.29, 0.717) is 5.02 Å². The van der Waals surface area contributed by atoms with Crippen LogP contribution >= 0.6 is 23.2 Å². The zero-order chi connectivity index (χ0) is 21.9. The van der Waals surface area contributed by atoms with Gasteiger partial charge in [-0.2, -0.15) is 0 Å². The number of carbonyl (C=O) groups is 3. The van der Waals surface area contributed by atoms with E-state index in [4.69, 9.17) is 23.2 Å². The summed E-state index contributed by atoms with van der Waals surface area (Å²) >= 11 is 11.2. The number of hydrogen-bond acceptors (Lipinski definition) is 5. The summed E-state index contributed by atoms with van der Waals surface area (Å²) in [4.78, 5) is 35.9. The van der Waals surface area contributed by atoms with E-state index >= 15 is 0 Å². The maximum atomic E-state index is 12.6. The summed E-state index contributed by atoms with van der Waals surface area (Å²) in [6.07, 6.45) is 0. The number of nitrogens with one attached hydrogen (secondary N) is 1. The van der Waals surface area contributed by atoms with Gasteiger partial charge in [0.25, 0.3) is 21.2 Å². The Labute approximate surface area is 182 Å². The quantitative estimate of drug-likeness (QED) is 0.440. The molecular weight excluding hydrogens is 449 g/mol. The Hall–Kier alpha value is -3.00.